The highest BCUT2D eigenvalue weighted by molar-refractivity contribution is 7.89. The van der Waals surface area contributed by atoms with Gasteiger partial charge in [-0.1, -0.05) is 6.07 Å². The van der Waals surface area contributed by atoms with Gasteiger partial charge >= 0.3 is 0 Å². The van der Waals surface area contributed by atoms with Gasteiger partial charge in [-0.3, -0.25) is 0 Å². The Morgan fingerprint density at radius 2 is 2.11 bits per heavy atom. The quantitative estimate of drug-likeness (QED) is 0.788. The monoisotopic (exact) mass is 286 g/mol. The molecule has 0 radical (unpaired) electrons. The highest BCUT2D eigenvalue weighted by Crippen LogP contribution is 2.15. The summed E-state index contributed by atoms with van der Waals surface area (Å²) in [5.74, 6) is 0. The Labute approximate surface area is 115 Å². The number of rotatable bonds is 7. The standard InChI is InChI=1S/C13H22N2O3S/c1-4-18-9-11(3)15-19(16,17)13-6-5-10(2)12(7-13)8-14/h5-7,11,15H,4,8-9,14H2,1-3H3. The lowest BCUT2D eigenvalue weighted by atomic mass is 10.1. The molecule has 1 aromatic rings. The van der Waals surface area contributed by atoms with Crippen LogP contribution < -0.4 is 10.5 Å². The zero-order valence-corrected chi connectivity index (χ0v) is 12.5. The van der Waals surface area contributed by atoms with E-state index in [0.29, 0.717) is 19.8 Å². The molecule has 0 aliphatic carbocycles. The van der Waals surface area contributed by atoms with Gasteiger partial charge in [0, 0.05) is 19.2 Å². The molecule has 0 aromatic heterocycles. The molecule has 0 saturated heterocycles. The van der Waals surface area contributed by atoms with Gasteiger partial charge in [-0.15, -0.1) is 0 Å². The summed E-state index contributed by atoms with van der Waals surface area (Å²) < 4.78 is 32.1. The molecule has 1 unspecified atom stereocenters. The minimum atomic E-state index is -3.52. The second-order valence-electron chi connectivity index (χ2n) is 4.47. The number of nitrogens with one attached hydrogen (secondary N) is 1. The van der Waals surface area contributed by atoms with E-state index in [-0.39, 0.29) is 10.9 Å². The van der Waals surface area contributed by atoms with Crippen molar-refractivity contribution < 1.29 is 13.2 Å². The first kappa shape index (κ1) is 16.1. The number of ether oxygens (including phenoxy) is 1. The molecule has 1 atom stereocenters. The van der Waals surface area contributed by atoms with Crippen molar-refractivity contribution in [1.29, 1.82) is 0 Å². The lowest BCUT2D eigenvalue weighted by Crippen LogP contribution is -2.36. The van der Waals surface area contributed by atoms with Crippen LogP contribution in [0.25, 0.3) is 0 Å². The zero-order chi connectivity index (χ0) is 14.5. The molecule has 1 rings (SSSR count). The molecule has 0 fully saturated rings. The van der Waals surface area contributed by atoms with E-state index < -0.39 is 10.0 Å². The number of sulfonamides is 1. The third-order valence-electron chi connectivity index (χ3n) is 2.78. The van der Waals surface area contributed by atoms with Gasteiger partial charge in [-0.25, -0.2) is 13.1 Å². The molecule has 0 aliphatic heterocycles. The average Bonchev–Trinajstić information content (AvgIpc) is 2.36. The van der Waals surface area contributed by atoms with E-state index in [4.69, 9.17) is 10.5 Å². The summed E-state index contributed by atoms with van der Waals surface area (Å²) in [5, 5.41) is 0. The highest BCUT2D eigenvalue weighted by Gasteiger charge is 2.18. The minimum Gasteiger partial charge on any atom is -0.380 e. The van der Waals surface area contributed by atoms with Crippen molar-refractivity contribution in [2.75, 3.05) is 13.2 Å². The molecule has 0 bridgehead atoms. The Balaban J connectivity index is 2.88. The lowest BCUT2D eigenvalue weighted by Gasteiger charge is -2.15. The van der Waals surface area contributed by atoms with Gasteiger partial charge in [-0.2, -0.15) is 0 Å². The van der Waals surface area contributed by atoms with Gasteiger partial charge in [0.15, 0.2) is 0 Å². The summed E-state index contributed by atoms with van der Waals surface area (Å²) >= 11 is 0. The molecule has 3 N–H and O–H groups in total. The maximum Gasteiger partial charge on any atom is 0.240 e. The molecule has 108 valence electrons. The predicted octanol–water partition coefficient (Wildman–Crippen LogP) is 1.16. The normalized spacial score (nSPS) is 13.5. The van der Waals surface area contributed by atoms with E-state index in [2.05, 4.69) is 4.72 Å². The Morgan fingerprint density at radius 1 is 1.42 bits per heavy atom. The van der Waals surface area contributed by atoms with Gasteiger partial charge in [0.05, 0.1) is 11.5 Å². The number of aryl methyl sites for hydroxylation is 1. The van der Waals surface area contributed by atoms with Crippen molar-refractivity contribution in [3.8, 4) is 0 Å². The summed E-state index contributed by atoms with van der Waals surface area (Å²) in [6.07, 6.45) is 0. The third kappa shape index (κ3) is 4.58. The average molecular weight is 286 g/mol. The van der Waals surface area contributed by atoms with Crippen LogP contribution in [0.5, 0.6) is 0 Å². The van der Waals surface area contributed by atoms with Crippen molar-refractivity contribution in [3.05, 3.63) is 29.3 Å². The van der Waals surface area contributed by atoms with Gasteiger partial charge in [0.2, 0.25) is 10.0 Å². The number of hydrogen-bond acceptors (Lipinski definition) is 4. The van der Waals surface area contributed by atoms with E-state index in [9.17, 15) is 8.42 Å². The van der Waals surface area contributed by atoms with E-state index in [1.807, 2.05) is 13.8 Å². The van der Waals surface area contributed by atoms with Crippen LogP contribution in [0.3, 0.4) is 0 Å². The van der Waals surface area contributed by atoms with Crippen LogP contribution in [0, 0.1) is 6.92 Å². The van der Waals surface area contributed by atoms with Crippen LogP contribution in [0.2, 0.25) is 0 Å². The van der Waals surface area contributed by atoms with Crippen LogP contribution in [0.4, 0.5) is 0 Å². The van der Waals surface area contributed by atoms with Crippen molar-refractivity contribution in [3.63, 3.8) is 0 Å². The van der Waals surface area contributed by atoms with Gasteiger partial charge in [-0.05, 0) is 44.0 Å². The Morgan fingerprint density at radius 3 is 2.68 bits per heavy atom. The van der Waals surface area contributed by atoms with E-state index in [1.54, 1.807) is 25.1 Å². The maximum absolute atomic E-state index is 12.2. The van der Waals surface area contributed by atoms with E-state index >= 15 is 0 Å². The van der Waals surface area contributed by atoms with Gasteiger partial charge < -0.3 is 10.5 Å². The molecule has 0 amide bonds. The SMILES string of the molecule is CCOCC(C)NS(=O)(=O)c1ccc(C)c(CN)c1. The second-order valence-corrected chi connectivity index (χ2v) is 6.19. The molecule has 0 aliphatic rings. The molecule has 0 saturated carbocycles. The van der Waals surface area contributed by atoms with Crippen molar-refractivity contribution >= 4 is 10.0 Å². The fourth-order valence-corrected chi connectivity index (χ4v) is 2.97. The first-order chi connectivity index (χ1) is 8.90. The minimum absolute atomic E-state index is 0.238. The molecule has 5 nitrogen and oxygen atoms in total. The molecular formula is C13H22N2O3S. The highest BCUT2D eigenvalue weighted by atomic mass is 32.2. The Bertz CT molecular complexity index is 515. The fraction of sp³-hybridized carbons (Fsp3) is 0.538. The topological polar surface area (TPSA) is 81.4 Å². The molecule has 0 heterocycles. The number of hydrogen-bond donors (Lipinski definition) is 2. The molecular weight excluding hydrogens is 264 g/mol. The van der Waals surface area contributed by atoms with Crippen molar-refractivity contribution in [2.45, 2.75) is 38.3 Å². The van der Waals surface area contributed by atoms with Crippen LogP contribution in [0.15, 0.2) is 23.1 Å². The first-order valence-corrected chi connectivity index (χ1v) is 7.78. The molecule has 1 aromatic carbocycles. The lowest BCUT2D eigenvalue weighted by molar-refractivity contribution is 0.133. The maximum atomic E-state index is 12.2. The molecule has 19 heavy (non-hydrogen) atoms. The van der Waals surface area contributed by atoms with Gasteiger partial charge in [0.1, 0.15) is 0 Å². The van der Waals surface area contributed by atoms with Crippen molar-refractivity contribution in [1.82, 2.24) is 4.72 Å². The largest absolute Gasteiger partial charge is 0.380 e. The summed E-state index contributed by atoms with van der Waals surface area (Å²) in [4.78, 5) is 0.238. The Kier molecular flexibility index (Phi) is 5.93. The van der Waals surface area contributed by atoms with E-state index in [0.717, 1.165) is 11.1 Å². The van der Waals surface area contributed by atoms with Crippen LogP contribution in [-0.4, -0.2) is 27.7 Å². The smallest absolute Gasteiger partial charge is 0.240 e. The first-order valence-electron chi connectivity index (χ1n) is 6.30. The summed E-state index contributed by atoms with van der Waals surface area (Å²) in [6.45, 7) is 6.78. The molecule has 0 spiro atoms. The summed E-state index contributed by atoms with van der Waals surface area (Å²) in [7, 11) is -3.52. The van der Waals surface area contributed by atoms with Gasteiger partial charge in [0.25, 0.3) is 0 Å². The summed E-state index contributed by atoms with van der Waals surface area (Å²) in [6, 6.07) is 4.70. The van der Waals surface area contributed by atoms with Crippen LogP contribution in [-0.2, 0) is 21.3 Å². The third-order valence-corrected chi connectivity index (χ3v) is 4.37. The predicted molar refractivity (Wildman–Crippen MR) is 75.3 cm³/mol. The van der Waals surface area contributed by atoms with Crippen LogP contribution in [0.1, 0.15) is 25.0 Å². The number of nitrogens with two attached hydrogens (primary N) is 1. The van der Waals surface area contributed by atoms with Crippen LogP contribution >= 0.6 is 0 Å². The second kappa shape index (κ2) is 7.00. The Hall–Kier alpha value is -0.950. The zero-order valence-electron chi connectivity index (χ0n) is 11.6. The fourth-order valence-electron chi connectivity index (χ4n) is 1.70. The van der Waals surface area contributed by atoms with E-state index in [1.165, 1.54) is 0 Å². The van der Waals surface area contributed by atoms with Crippen molar-refractivity contribution in [2.24, 2.45) is 5.73 Å². The summed E-state index contributed by atoms with van der Waals surface area (Å²) in [5.41, 5.74) is 7.42. The molecule has 6 heteroatoms. The number of benzene rings is 1.